The van der Waals surface area contributed by atoms with E-state index in [9.17, 15) is 4.79 Å². The molecule has 0 unspecified atom stereocenters. The van der Waals surface area contributed by atoms with E-state index < -0.39 is 0 Å². The Bertz CT molecular complexity index is 640. The maximum absolute atomic E-state index is 11.8. The average molecular weight is 317 g/mol. The van der Waals surface area contributed by atoms with Crippen molar-refractivity contribution in [2.24, 2.45) is 0 Å². The van der Waals surface area contributed by atoms with Gasteiger partial charge in [0.1, 0.15) is 24.7 Å². The van der Waals surface area contributed by atoms with Crippen LogP contribution in [0.15, 0.2) is 30.7 Å². The Morgan fingerprint density at radius 1 is 1.35 bits per heavy atom. The molecule has 0 radical (unpaired) electrons. The van der Waals surface area contributed by atoms with Gasteiger partial charge in [-0.25, -0.2) is 4.68 Å². The van der Waals surface area contributed by atoms with Gasteiger partial charge in [-0.2, -0.15) is 0 Å². The molecule has 0 N–H and O–H groups in total. The summed E-state index contributed by atoms with van der Waals surface area (Å²) in [5.74, 6) is 0.760. The second kappa shape index (κ2) is 7.19. The lowest BCUT2D eigenvalue weighted by Gasteiger charge is -2.38. The van der Waals surface area contributed by atoms with Crippen molar-refractivity contribution < 1.29 is 14.3 Å². The Labute approximate surface area is 134 Å². The number of aromatic nitrogens is 4. The molecule has 0 atom stereocenters. The molecule has 0 aliphatic carbocycles. The molecule has 8 nitrogen and oxygen atoms in total. The average Bonchev–Trinajstić information content (AvgIpc) is 2.99. The van der Waals surface area contributed by atoms with Gasteiger partial charge < -0.3 is 14.4 Å². The van der Waals surface area contributed by atoms with Gasteiger partial charge in [-0.1, -0.05) is 5.21 Å². The van der Waals surface area contributed by atoms with Crippen molar-refractivity contribution in [2.75, 3.05) is 26.3 Å². The molecule has 8 heteroatoms. The predicted octanol–water partition coefficient (Wildman–Crippen LogP) is 0.672. The Hall–Kier alpha value is -2.48. The molecule has 23 heavy (non-hydrogen) atoms. The van der Waals surface area contributed by atoms with Crippen LogP contribution in [0, 0.1) is 0 Å². The van der Waals surface area contributed by atoms with E-state index in [0.717, 1.165) is 11.4 Å². The van der Waals surface area contributed by atoms with Crippen LogP contribution in [0.2, 0.25) is 0 Å². The Kier molecular flexibility index (Phi) is 4.82. The minimum Gasteiger partial charge on any atom is -0.487 e. The topological polar surface area (TPSA) is 82.4 Å². The van der Waals surface area contributed by atoms with E-state index in [1.165, 1.54) is 0 Å². The van der Waals surface area contributed by atoms with Gasteiger partial charge in [-0.05, 0) is 19.1 Å². The van der Waals surface area contributed by atoms with Crippen molar-refractivity contribution in [2.45, 2.75) is 19.6 Å². The van der Waals surface area contributed by atoms with Crippen LogP contribution >= 0.6 is 0 Å². The molecule has 2 aromatic rings. The van der Waals surface area contributed by atoms with Crippen molar-refractivity contribution in [1.82, 2.24) is 24.9 Å². The standard InChI is InChI=1S/C15H19N5O3/c1-2-22-11-15(21)19-8-13(9-19)20-7-12(17-18-20)10-23-14-3-5-16-6-4-14/h3-7,13H,2,8-11H2,1H3. The largest absolute Gasteiger partial charge is 0.487 e. The minimum atomic E-state index is 0.0180. The molecule has 3 heterocycles. The summed E-state index contributed by atoms with van der Waals surface area (Å²) in [4.78, 5) is 17.4. The zero-order valence-corrected chi connectivity index (χ0v) is 13.0. The highest BCUT2D eigenvalue weighted by atomic mass is 16.5. The number of hydrogen-bond acceptors (Lipinski definition) is 6. The van der Waals surface area contributed by atoms with Gasteiger partial charge >= 0.3 is 0 Å². The highest BCUT2D eigenvalue weighted by molar-refractivity contribution is 5.78. The van der Waals surface area contributed by atoms with E-state index in [4.69, 9.17) is 9.47 Å². The summed E-state index contributed by atoms with van der Waals surface area (Å²) < 4.78 is 12.5. The summed E-state index contributed by atoms with van der Waals surface area (Å²) in [6.45, 7) is 4.19. The van der Waals surface area contributed by atoms with Crippen LogP contribution < -0.4 is 4.74 Å². The maximum Gasteiger partial charge on any atom is 0.248 e. The molecule has 1 fully saturated rings. The Balaban J connectivity index is 1.46. The number of ether oxygens (including phenoxy) is 2. The van der Waals surface area contributed by atoms with Crippen LogP contribution in [-0.2, 0) is 16.1 Å². The summed E-state index contributed by atoms with van der Waals surface area (Å²) in [5.41, 5.74) is 0.751. The Morgan fingerprint density at radius 2 is 2.13 bits per heavy atom. The van der Waals surface area contributed by atoms with Crippen LogP contribution in [0.5, 0.6) is 5.75 Å². The van der Waals surface area contributed by atoms with Crippen LogP contribution in [0.1, 0.15) is 18.7 Å². The summed E-state index contributed by atoms with van der Waals surface area (Å²) in [6.07, 6.45) is 5.21. The fourth-order valence-electron chi connectivity index (χ4n) is 2.26. The van der Waals surface area contributed by atoms with E-state index in [1.54, 1.807) is 34.1 Å². The number of carbonyl (C=O) groups excluding carboxylic acids is 1. The van der Waals surface area contributed by atoms with Gasteiger partial charge in [0.05, 0.1) is 12.2 Å². The van der Waals surface area contributed by atoms with Crippen molar-refractivity contribution in [1.29, 1.82) is 0 Å². The van der Waals surface area contributed by atoms with Gasteiger partial charge in [0.15, 0.2) is 0 Å². The monoisotopic (exact) mass is 317 g/mol. The SMILES string of the molecule is CCOCC(=O)N1CC(n2cc(COc3ccncc3)nn2)C1. The fraction of sp³-hybridized carbons (Fsp3) is 0.467. The zero-order chi connectivity index (χ0) is 16.1. The van der Waals surface area contributed by atoms with E-state index in [-0.39, 0.29) is 18.6 Å². The van der Waals surface area contributed by atoms with E-state index in [1.807, 2.05) is 13.1 Å². The first-order valence-corrected chi connectivity index (χ1v) is 7.55. The summed E-state index contributed by atoms with van der Waals surface area (Å²) >= 11 is 0. The van der Waals surface area contributed by atoms with Crippen molar-refractivity contribution >= 4 is 5.91 Å². The van der Waals surface area contributed by atoms with E-state index in [2.05, 4.69) is 15.3 Å². The molecule has 1 amide bonds. The number of hydrogen-bond donors (Lipinski definition) is 0. The van der Waals surface area contributed by atoms with E-state index >= 15 is 0 Å². The van der Waals surface area contributed by atoms with Gasteiger partial charge in [0, 0.05) is 32.1 Å². The van der Waals surface area contributed by atoms with Crippen molar-refractivity contribution in [3.63, 3.8) is 0 Å². The third-order valence-corrected chi connectivity index (χ3v) is 3.61. The lowest BCUT2D eigenvalue weighted by atomic mass is 10.1. The van der Waals surface area contributed by atoms with Crippen LogP contribution in [0.3, 0.4) is 0 Å². The molecular weight excluding hydrogens is 298 g/mol. The molecular formula is C15H19N5O3. The van der Waals surface area contributed by atoms with Crippen LogP contribution in [0.25, 0.3) is 0 Å². The molecule has 1 aliphatic heterocycles. The third-order valence-electron chi connectivity index (χ3n) is 3.61. The quantitative estimate of drug-likeness (QED) is 0.746. The number of carbonyl (C=O) groups is 1. The first-order valence-electron chi connectivity index (χ1n) is 7.55. The molecule has 0 aromatic carbocycles. The van der Waals surface area contributed by atoms with Crippen LogP contribution in [-0.4, -0.2) is 57.1 Å². The minimum absolute atomic E-state index is 0.0180. The van der Waals surface area contributed by atoms with Gasteiger partial charge in [0.2, 0.25) is 5.91 Å². The molecule has 0 saturated carbocycles. The fourth-order valence-corrected chi connectivity index (χ4v) is 2.26. The number of likely N-dealkylation sites (tertiary alicyclic amines) is 1. The van der Waals surface area contributed by atoms with Crippen molar-refractivity contribution in [3.05, 3.63) is 36.4 Å². The molecule has 3 rings (SSSR count). The lowest BCUT2D eigenvalue weighted by molar-refractivity contribution is -0.142. The zero-order valence-electron chi connectivity index (χ0n) is 13.0. The molecule has 0 bridgehead atoms. The highest BCUT2D eigenvalue weighted by Crippen LogP contribution is 2.20. The first kappa shape index (κ1) is 15.4. The lowest BCUT2D eigenvalue weighted by Crippen LogP contribution is -2.52. The van der Waals surface area contributed by atoms with Crippen LogP contribution in [0.4, 0.5) is 0 Å². The predicted molar refractivity (Wildman–Crippen MR) is 80.7 cm³/mol. The normalized spacial score (nSPS) is 14.6. The first-order chi connectivity index (χ1) is 11.3. The Morgan fingerprint density at radius 3 is 2.87 bits per heavy atom. The van der Waals surface area contributed by atoms with Gasteiger partial charge in [-0.3, -0.25) is 9.78 Å². The highest BCUT2D eigenvalue weighted by Gasteiger charge is 2.32. The second-order valence-corrected chi connectivity index (χ2v) is 5.25. The number of pyridine rings is 1. The van der Waals surface area contributed by atoms with Gasteiger partial charge in [-0.15, -0.1) is 5.10 Å². The molecule has 1 saturated heterocycles. The molecule has 1 aliphatic rings. The molecule has 122 valence electrons. The summed E-state index contributed by atoms with van der Waals surface area (Å²) in [7, 11) is 0. The number of nitrogens with zero attached hydrogens (tertiary/aromatic N) is 5. The summed E-state index contributed by atoms with van der Waals surface area (Å²) in [6, 6.07) is 3.75. The number of amides is 1. The van der Waals surface area contributed by atoms with Crippen molar-refractivity contribution in [3.8, 4) is 5.75 Å². The molecule has 2 aromatic heterocycles. The smallest absolute Gasteiger partial charge is 0.248 e. The number of rotatable bonds is 7. The second-order valence-electron chi connectivity index (χ2n) is 5.25. The maximum atomic E-state index is 11.8. The third kappa shape index (κ3) is 3.84. The van der Waals surface area contributed by atoms with Gasteiger partial charge in [0.25, 0.3) is 0 Å². The molecule has 0 spiro atoms. The summed E-state index contributed by atoms with van der Waals surface area (Å²) in [5, 5.41) is 8.21. The van der Waals surface area contributed by atoms with E-state index in [0.29, 0.717) is 26.3 Å².